The van der Waals surface area contributed by atoms with Gasteiger partial charge in [-0.3, -0.25) is 5.32 Å². The number of hydrogen-bond acceptors (Lipinski definition) is 3. The van der Waals surface area contributed by atoms with E-state index in [-0.39, 0.29) is 0 Å². The first kappa shape index (κ1) is 15.8. The molecule has 0 aromatic heterocycles. The van der Waals surface area contributed by atoms with Gasteiger partial charge in [0.1, 0.15) is 5.54 Å². The fourth-order valence-electron chi connectivity index (χ4n) is 3.41. The van der Waals surface area contributed by atoms with E-state index >= 15 is 0 Å². The zero-order valence-corrected chi connectivity index (χ0v) is 13.2. The maximum absolute atomic E-state index is 9.65. The second-order valence-electron chi connectivity index (χ2n) is 6.66. The van der Waals surface area contributed by atoms with Crippen LogP contribution in [0.3, 0.4) is 0 Å². The number of ether oxygens (including phenoxy) is 1. The first-order chi connectivity index (χ1) is 9.74. The van der Waals surface area contributed by atoms with E-state index in [0.717, 1.165) is 18.9 Å². The van der Waals surface area contributed by atoms with E-state index < -0.39 is 5.54 Å². The van der Waals surface area contributed by atoms with Gasteiger partial charge in [-0.2, -0.15) is 5.26 Å². The lowest BCUT2D eigenvalue weighted by Gasteiger charge is -2.33. The van der Waals surface area contributed by atoms with Crippen molar-refractivity contribution >= 4 is 0 Å². The van der Waals surface area contributed by atoms with Gasteiger partial charge in [-0.05, 0) is 50.5 Å². The predicted molar refractivity (Wildman–Crippen MR) is 81.4 cm³/mol. The SMILES string of the molecule is CCCNC(C#N)(COC1CCCC(CC)C1)C1CC1. The zero-order valence-electron chi connectivity index (χ0n) is 13.2. The maximum Gasteiger partial charge on any atom is 0.133 e. The molecule has 2 fully saturated rings. The van der Waals surface area contributed by atoms with Crippen LogP contribution in [0.5, 0.6) is 0 Å². The molecule has 0 radical (unpaired) electrons. The van der Waals surface area contributed by atoms with Crippen molar-refractivity contribution in [2.45, 2.75) is 76.9 Å². The fourth-order valence-corrected chi connectivity index (χ4v) is 3.41. The van der Waals surface area contributed by atoms with Crippen molar-refractivity contribution in [2.75, 3.05) is 13.2 Å². The second-order valence-corrected chi connectivity index (χ2v) is 6.66. The lowest BCUT2D eigenvalue weighted by atomic mass is 9.85. The molecule has 3 nitrogen and oxygen atoms in total. The van der Waals surface area contributed by atoms with Crippen LogP contribution in [0.2, 0.25) is 0 Å². The van der Waals surface area contributed by atoms with Crippen LogP contribution in [0.4, 0.5) is 0 Å². The Bertz CT molecular complexity index is 334. The highest BCUT2D eigenvalue weighted by Gasteiger charge is 2.46. The summed E-state index contributed by atoms with van der Waals surface area (Å²) in [6, 6.07) is 2.54. The zero-order chi connectivity index (χ0) is 14.4. The van der Waals surface area contributed by atoms with Crippen LogP contribution < -0.4 is 5.32 Å². The molecule has 114 valence electrons. The Morgan fingerprint density at radius 1 is 1.25 bits per heavy atom. The molecule has 20 heavy (non-hydrogen) atoms. The molecule has 3 unspecified atom stereocenters. The average Bonchev–Trinajstić information content (AvgIpc) is 3.33. The number of hydrogen-bond donors (Lipinski definition) is 1. The number of nitrogens with zero attached hydrogens (tertiary/aromatic N) is 1. The Balaban J connectivity index is 1.86. The predicted octanol–water partition coefficient (Wildman–Crippen LogP) is 3.64. The molecule has 0 bridgehead atoms. The van der Waals surface area contributed by atoms with Crippen LogP contribution in [0.1, 0.15) is 65.2 Å². The standard InChI is InChI=1S/C17H30N2O/c1-3-10-19-17(12-18,15-8-9-15)13-20-16-7-5-6-14(4-2)11-16/h14-16,19H,3-11,13H2,1-2H3. The van der Waals surface area contributed by atoms with Crippen LogP contribution in [0, 0.1) is 23.2 Å². The first-order valence-electron chi connectivity index (χ1n) is 8.52. The maximum atomic E-state index is 9.65. The molecular formula is C17H30N2O. The summed E-state index contributed by atoms with van der Waals surface area (Å²) >= 11 is 0. The van der Waals surface area contributed by atoms with Crippen LogP contribution >= 0.6 is 0 Å². The normalized spacial score (nSPS) is 29.6. The van der Waals surface area contributed by atoms with Crippen molar-refractivity contribution in [1.82, 2.24) is 5.32 Å². The second kappa shape index (κ2) is 7.43. The van der Waals surface area contributed by atoms with Crippen molar-refractivity contribution in [3.8, 4) is 6.07 Å². The molecule has 2 aliphatic rings. The molecule has 2 rings (SSSR count). The molecule has 0 aromatic rings. The van der Waals surface area contributed by atoms with Gasteiger partial charge >= 0.3 is 0 Å². The number of nitrogens with one attached hydrogen (secondary N) is 1. The summed E-state index contributed by atoms with van der Waals surface area (Å²) < 4.78 is 6.18. The molecule has 0 aromatic carbocycles. The van der Waals surface area contributed by atoms with Gasteiger partial charge < -0.3 is 4.74 Å². The molecule has 0 saturated heterocycles. The third-order valence-corrected chi connectivity index (χ3v) is 5.02. The molecule has 1 N–H and O–H groups in total. The molecule has 3 heteroatoms. The smallest absolute Gasteiger partial charge is 0.133 e. The minimum Gasteiger partial charge on any atom is -0.375 e. The van der Waals surface area contributed by atoms with Crippen molar-refractivity contribution in [2.24, 2.45) is 11.8 Å². The van der Waals surface area contributed by atoms with Crippen LogP contribution in [0.25, 0.3) is 0 Å². The van der Waals surface area contributed by atoms with Gasteiger partial charge in [0.25, 0.3) is 0 Å². The van der Waals surface area contributed by atoms with E-state index in [1.807, 2.05) is 0 Å². The first-order valence-corrected chi connectivity index (χ1v) is 8.52. The van der Waals surface area contributed by atoms with Crippen molar-refractivity contribution in [1.29, 1.82) is 5.26 Å². The highest BCUT2D eigenvalue weighted by atomic mass is 16.5. The van der Waals surface area contributed by atoms with E-state index in [4.69, 9.17) is 4.74 Å². The molecule has 2 aliphatic carbocycles. The largest absolute Gasteiger partial charge is 0.375 e. The molecule has 0 amide bonds. The Kier molecular flexibility index (Phi) is 5.86. The van der Waals surface area contributed by atoms with Gasteiger partial charge in [0.05, 0.1) is 18.8 Å². The summed E-state index contributed by atoms with van der Waals surface area (Å²) in [5.41, 5.74) is -0.421. The van der Waals surface area contributed by atoms with E-state index in [9.17, 15) is 5.26 Å². The highest BCUT2D eigenvalue weighted by Crippen LogP contribution is 2.40. The summed E-state index contributed by atoms with van der Waals surface area (Å²) in [5, 5.41) is 13.1. The Labute approximate surface area is 124 Å². The lowest BCUT2D eigenvalue weighted by Crippen LogP contribution is -2.51. The summed E-state index contributed by atoms with van der Waals surface area (Å²) in [5.74, 6) is 1.33. The molecule has 2 saturated carbocycles. The number of nitriles is 1. The molecular weight excluding hydrogens is 248 g/mol. The summed E-state index contributed by atoms with van der Waals surface area (Å²) in [4.78, 5) is 0. The quantitative estimate of drug-likeness (QED) is 0.737. The van der Waals surface area contributed by atoms with Crippen LogP contribution in [-0.4, -0.2) is 24.8 Å². The summed E-state index contributed by atoms with van der Waals surface area (Å²) in [7, 11) is 0. The molecule has 0 aliphatic heterocycles. The van der Waals surface area contributed by atoms with Gasteiger partial charge in [0.2, 0.25) is 0 Å². The van der Waals surface area contributed by atoms with Gasteiger partial charge in [-0.1, -0.05) is 33.1 Å². The summed E-state index contributed by atoms with van der Waals surface area (Å²) in [6.45, 7) is 5.92. The Morgan fingerprint density at radius 2 is 2.05 bits per heavy atom. The molecule has 3 atom stereocenters. The van der Waals surface area contributed by atoms with Crippen LogP contribution in [0.15, 0.2) is 0 Å². The molecule has 0 heterocycles. The van der Waals surface area contributed by atoms with E-state index in [0.29, 0.717) is 18.6 Å². The van der Waals surface area contributed by atoms with Crippen LogP contribution in [-0.2, 0) is 4.74 Å². The third kappa shape index (κ3) is 3.96. The van der Waals surface area contributed by atoms with E-state index in [2.05, 4.69) is 25.2 Å². The van der Waals surface area contributed by atoms with E-state index in [1.165, 1.54) is 44.9 Å². The van der Waals surface area contributed by atoms with Crippen molar-refractivity contribution in [3.05, 3.63) is 0 Å². The number of rotatable bonds is 8. The highest BCUT2D eigenvalue weighted by molar-refractivity contribution is 5.15. The average molecular weight is 278 g/mol. The Hall–Kier alpha value is -0.590. The molecule has 0 spiro atoms. The van der Waals surface area contributed by atoms with Crippen molar-refractivity contribution < 1.29 is 4.74 Å². The van der Waals surface area contributed by atoms with Gasteiger partial charge in [-0.25, -0.2) is 0 Å². The van der Waals surface area contributed by atoms with Gasteiger partial charge in [-0.15, -0.1) is 0 Å². The lowest BCUT2D eigenvalue weighted by molar-refractivity contribution is -0.0137. The summed E-state index contributed by atoms with van der Waals surface area (Å²) in [6.07, 6.45) is 10.1. The van der Waals surface area contributed by atoms with Gasteiger partial charge in [0, 0.05) is 0 Å². The minimum absolute atomic E-state index is 0.378. The van der Waals surface area contributed by atoms with Gasteiger partial charge in [0.15, 0.2) is 0 Å². The third-order valence-electron chi connectivity index (χ3n) is 5.02. The van der Waals surface area contributed by atoms with Crippen molar-refractivity contribution in [3.63, 3.8) is 0 Å². The fraction of sp³-hybridized carbons (Fsp3) is 0.941. The topological polar surface area (TPSA) is 45.0 Å². The van der Waals surface area contributed by atoms with E-state index in [1.54, 1.807) is 0 Å². The minimum atomic E-state index is -0.421. The monoisotopic (exact) mass is 278 g/mol. The Morgan fingerprint density at radius 3 is 2.65 bits per heavy atom.